The van der Waals surface area contributed by atoms with E-state index < -0.39 is 24.4 Å². The number of aryl methyl sites for hydroxylation is 1. The third kappa shape index (κ3) is 4.54. The Labute approximate surface area is 184 Å². The van der Waals surface area contributed by atoms with Crippen LogP contribution in [0.2, 0.25) is 0 Å². The number of anilines is 1. The van der Waals surface area contributed by atoms with Gasteiger partial charge in [0.2, 0.25) is 5.91 Å². The maximum Gasteiger partial charge on any atom is 0.329 e. The predicted molar refractivity (Wildman–Crippen MR) is 119 cm³/mol. The zero-order valence-electron chi connectivity index (χ0n) is 17.5. The molecule has 1 aromatic heterocycles. The van der Waals surface area contributed by atoms with Gasteiger partial charge in [0.05, 0.1) is 7.11 Å². The molecule has 1 saturated heterocycles. The first-order valence-corrected chi connectivity index (χ1v) is 9.88. The molecule has 4 amide bonds. The summed E-state index contributed by atoms with van der Waals surface area (Å²) < 4.78 is 10.9. The fourth-order valence-corrected chi connectivity index (χ4v) is 3.27. The summed E-state index contributed by atoms with van der Waals surface area (Å²) in [5.74, 6) is 0.654. The number of hydrogen-bond acceptors (Lipinski definition) is 5. The second-order valence-electron chi connectivity index (χ2n) is 7.23. The van der Waals surface area contributed by atoms with Gasteiger partial charge in [-0.05, 0) is 61.0 Å². The van der Waals surface area contributed by atoms with Crippen molar-refractivity contribution in [1.82, 2.24) is 10.2 Å². The molecule has 2 N–H and O–H groups in total. The third-order valence-corrected chi connectivity index (χ3v) is 4.85. The number of carbonyl (C=O) groups is 3. The number of hydrogen-bond donors (Lipinski definition) is 2. The van der Waals surface area contributed by atoms with Crippen LogP contribution in [0.15, 0.2) is 70.8 Å². The van der Waals surface area contributed by atoms with Crippen LogP contribution in [0.1, 0.15) is 11.3 Å². The Kier molecular flexibility index (Phi) is 5.76. The van der Waals surface area contributed by atoms with Crippen molar-refractivity contribution < 1.29 is 23.5 Å². The highest BCUT2D eigenvalue weighted by Gasteiger charge is 2.35. The van der Waals surface area contributed by atoms with Crippen molar-refractivity contribution in [2.45, 2.75) is 6.92 Å². The van der Waals surface area contributed by atoms with Gasteiger partial charge in [-0.2, -0.15) is 0 Å². The van der Waals surface area contributed by atoms with Crippen LogP contribution in [-0.4, -0.2) is 36.4 Å². The van der Waals surface area contributed by atoms with Crippen molar-refractivity contribution in [3.63, 3.8) is 0 Å². The number of nitrogens with zero attached hydrogens (tertiary/aromatic N) is 1. The predicted octanol–water partition coefficient (Wildman–Crippen LogP) is 3.80. The van der Waals surface area contributed by atoms with E-state index >= 15 is 0 Å². The average molecular weight is 431 g/mol. The highest BCUT2D eigenvalue weighted by Crippen LogP contribution is 2.26. The number of benzene rings is 2. The zero-order chi connectivity index (χ0) is 22.7. The molecule has 0 bridgehead atoms. The molecule has 8 heteroatoms. The number of ether oxygens (including phenoxy) is 1. The summed E-state index contributed by atoms with van der Waals surface area (Å²) in [6, 6.07) is 17.4. The molecule has 0 spiro atoms. The molecule has 8 nitrogen and oxygen atoms in total. The molecule has 4 rings (SSSR count). The molecule has 1 fully saturated rings. The van der Waals surface area contributed by atoms with Gasteiger partial charge >= 0.3 is 6.03 Å². The topological polar surface area (TPSA) is 101 Å². The Morgan fingerprint density at radius 1 is 1.12 bits per heavy atom. The fraction of sp³-hybridized carbons (Fsp3) is 0.125. The zero-order valence-corrected chi connectivity index (χ0v) is 17.5. The van der Waals surface area contributed by atoms with E-state index in [2.05, 4.69) is 10.6 Å². The van der Waals surface area contributed by atoms with Crippen molar-refractivity contribution in [3.8, 4) is 17.1 Å². The van der Waals surface area contributed by atoms with E-state index in [1.807, 2.05) is 43.3 Å². The van der Waals surface area contributed by atoms with E-state index in [0.29, 0.717) is 17.2 Å². The highest BCUT2D eigenvalue weighted by molar-refractivity contribution is 6.15. The Morgan fingerprint density at radius 2 is 1.91 bits per heavy atom. The summed E-state index contributed by atoms with van der Waals surface area (Å²) in [6.07, 6.45) is 1.44. The van der Waals surface area contributed by atoms with Crippen LogP contribution < -0.4 is 15.4 Å². The van der Waals surface area contributed by atoms with Crippen molar-refractivity contribution >= 4 is 29.6 Å². The van der Waals surface area contributed by atoms with E-state index in [1.165, 1.54) is 6.08 Å². The van der Waals surface area contributed by atoms with E-state index in [4.69, 9.17) is 9.15 Å². The van der Waals surface area contributed by atoms with Crippen LogP contribution in [0, 0.1) is 6.92 Å². The number of imide groups is 1. The molecule has 0 saturated carbocycles. The van der Waals surface area contributed by atoms with Crippen LogP contribution in [0.3, 0.4) is 0 Å². The molecule has 32 heavy (non-hydrogen) atoms. The summed E-state index contributed by atoms with van der Waals surface area (Å²) in [6.45, 7) is 1.50. The molecular formula is C24H21N3O5. The normalized spacial score (nSPS) is 14.6. The SMILES string of the molecule is COc1ccc(-c2ccc(/C=C3\NC(=O)N(CC(=O)Nc4cccc(C)c4)C3=O)o2)cc1. The molecule has 2 heterocycles. The number of furan rings is 1. The number of methoxy groups -OCH3 is 1. The summed E-state index contributed by atoms with van der Waals surface area (Å²) in [5, 5.41) is 5.17. The fourth-order valence-electron chi connectivity index (χ4n) is 3.27. The minimum absolute atomic E-state index is 0.0361. The van der Waals surface area contributed by atoms with Gasteiger partial charge in [-0.25, -0.2) is 9.69 Å². The van der Waals surface area contributed by atoms with Crippen LogP contribution in [0.5, 0.6) is 5.75 Å². The van der Waals surface area contributed by atoms with Crippen LogP contribution >= 0.6 is 0 Å². The minimum Gasteiger partial charge on any atom is -0.497 e. The third-order valence-electron chi connectivity index (χ3n) is 4.85. The van der Waals surface area contributed by atoms with E-state index in [0.717, 1.165) is 21.8 Å². The Hall–Kier alpha value is -4.33. The maximum atomic E-state index is 12.6. The number of amides is 4. The van der Waals surface area contributed by atoms with E-state index in [-0.39, 0.29) is 5.70 Å². The standard InChI is InChI=1S/C24H21N3O5/c1-15-4-3-5-17(12-15)25-22(28)14-27-23(29)20(26-24(27)30)13-19-10-11-21(32-19)16-6-8-18(31-2)9-7-16/h3-13H,14H2,1-2H3,(H,25,28)(H,26,30)/b20-13-. The van der Waals surface area contributed by atoms with Crippen molar-refractivity contribution in [2.75, 3.05) is 19.0 Å². The van der Waals surface area contributed by atoms with Crippen LogP contribution in [0.25, 0.3) is 17.4 Å². The quantitative estimate of drug-likeness (QED) is 0.457. The van der Waals surface area contributed by atoms with Gasteiger partial charge in [-0.1, -0.05) is 12.1 Å². The summed E-state index contributed by atoms with van der Waals surface area (Å²) in [7, 11) is 1.59. The molecule has 1 aliphatic rings. The first-order chi connectivity index (χ1) is 15.4. The molecule has 3 aromatic rings. The smallest absolute Gasteiger partial charge is 0.329 e. The minimum atomic E-state index is -0.664. The first-order valence-electron chi connectivity index (χ1n) is 9.88. The molecule has 0 radical (unpaired) electrons. The van der Waals surface area contributed by atoms with Crippen LogP contribution in [-0.2, 0) is 9.59 Å². The number of urea groups is 1. The first kappa shape index (κ1) is 20.9. The lowest BCUT2D eigenvalue weighted by atomic mass is 10.2. The largest absolute Gasteiger partial charge is 0.497 e. The van der Waals surface area contributed by atoms with E-state index in [1.54, 1.807) is 31.4 Å². The average Bonchev–Trinajstić information content (AvgIpc) is 3.34. The summed E-state index contributed by atoms with van der Waals surface area (Å²) >= 11 is 0. The second-order valence-corrected chi connectivity index (χ2v) is 7.23. The number of carbonyl (C=O) groups excluding carboxylic acids is 3. The lowest BCUT2D eigenvalue weighted by molar-refractivity contribution is -0.127. The summed E-state index contributed by atoms with van der Waals surface area (Å²) in [4.78, 5) is 38.1. The number of nitrogens with one attached hydrogen (secondary N) is 2. The number of rotatable bonds is 6. The lowest BCUT2D eigenvalue weighted by Crippen LogP contribution is -2.38. The Bertz CT molecular complexity index is 1210. The molecule has 1 aliphatic heterocycles. The van der Waals surface area contributed by atoms with Gasteiger partial charge < -0.3 is 19.8 Å². The summed E-state index contributed by atoms with van der Waals surface area (Å²) in [5.41, 5.74) is 2.45. The van der Waals surface area contributed by atoms with Crippen LogP contribution in [0.4, 0.5) is 10.5 Å². The highest BCUT2D eigenvalue weighted by atomic mass is 16.5. The van der Waals surface area contributed by atoms with Gasteiger partial charge in [-0.15, -0.1) is 0 Å². The molecule has 2 aromatic carbocycles. The van der Waals surface area contributed by atoms with E-state index in [9.17, 15) is 14.4 Å². The van der Waals surface area contributed by atoms with Gasteiger partial charge in [-0.3, -0.25) is 9.59 Å². The molecule has 0 aliphatic carbocycles. The van der Waals surface area contributed by atoms with Crippen molar-refractivity contribution in [1.29, 1.82) is 0 Å². The van der Waals surface area contributed by atoms with Crippen molar-refractivity contribution in [3.05, 3.63) is 77.7 Å². The van der Waals surface area contributed by atoms with Gasteiger partial charge in [0.15, 0.2) is 0 Å². The Balaban J connectivity index is 1.44. The maximum absolute atomic E-state index is 12.6. The molecular weight excluding hydrogens is 410 g/mol. The van der Waals surface area contributed by atoms with Crippen molar-refractivity contribution in [2.24, 2.45) is 0 Å². The molecule has 0 atom stereocenters. The Morgan fingerprint density at radius 3 is 2.62 bits per heavy atom. The van der Waals surface area contributed by atoms with Gasteiger partial charge in [0.1, 0.15) is 29.5 Å². The second kappa shape index (κ2) is 8.81. The lowest BCUT2D eigenvalue weighted by Gasteiger charge is -2.12. The monoisotopic (exact) mass is 431 g/mol. The van der Waals surface area contributed by atoms with Gasteiger partial charge in [0, 0.05) is 17.3 Å². The molecule has 0 unspecified atom stereocenters. The molecule has 162 valence electrons. The van der Waals surface area contributed by atoms with Gasteiger partial charge in [0.25, 0.3) is 5.91 Å².